The van der Waals surface area contributed by atoms with E-state index in [1.165, 1.54) is 13.0 Å². The molecule has 0 aromatic heterocycles. The molecule has 6 heteroatoms. The standard InChI is InChI=1S/C15H13BrF2N2O/c1-9-6-7-11(17)15(14(9)18)19-8-13(21)20-12-5-3-2-4-10(12)16/h2-7,19H,8H2,1H3,(H,20,21). The Morgan fingerprint density at radius 1 is 1.19 bits per heavy atom. The fraction of sp³-hybridized carbons (Fsp3) is 0.133. The Morgan fingerprint density at radius 3 is 2.62 bits per heavy atom. The average Bonchev–Trinajstić information content (AvgIpc) is 2.45. The summed E-state index contributed by atoms with van der Waals surface area (Å²) < 4.78 is 28.0. The van der Waals surface area contributed by atoms with Crippen molar-refractivity contribution in [3.63, 3.8) is 0 Å². The third-order valence-corrected chi connectivity index (χ3v) is 3.55. The van der Waals surface area contributed by atoms with E-state index >= 15 is 0 Å². The molecular formula is C15H13BrF2N2O. The summed E-state index contributed by atoms with van der Waals surface area (Å²) in [7, 11) is 0. The topological polar surface area (TPSA) is 41.1 Å². The zero-order valence-corrected chi connectivity index (χ0v) is 12.8. The van der Waals surface area contributed by atoms with E-state index in [0.29, 0.717) is 11.3 Å². The molecule has 2 rings (SSSR count). The molecule has 0 saturated heterocycles. The van der Waals surface area contributed by atoms with Crippen LogP contribution in [0, 0.1) is 18.6 Å². The summed E-state index contributed by atoms with van der Waals surface area (Å²) in [6.45, 7) is 1.29. The fourth-order valence-electron chi connectivity index (χ4n) is 1.74. The molecule has 0 aliphatic carbocycles. The maximum Gasteiger partial charge on any atom is 0.243 e. The van der Waals surface area contributed by atoms with E-state index in [-0.39, 0.29) is 12.2 Å². The minimum absolute atomic E-state index is 0.237. The molecule has 0 saturated carbocycles. The molecule has 110 valence electrons. The van der Waals surface area contributed by atoms with E-state index in [2.05, 4.69) is 26.6 Å². The van der Waals surface area contributed by atoms with E-state index in [1.807, 2.05) is 6.07 Å². The van der Waals surface area contributed by atoms with Crippen molar-refractivity contribution in [2.75, 3.05) is 17.2 Å². The molecule has 0 unspecified atom stereocenters. The third kappa shape index (κ3) is 3.78. The van der Waals surface area contributed by atoms with Gasteiger partial charge in [0.15, 0.2) is 5.82 Å². The second-order valence-electron chi connectivity index (χ2n) is 4.43. The maximum atomic E-state index is 13.8. The fourth-order valence-corrected chi connectivity index (χ4v) is 2.13. The second-order valence-corrected chi connectivity index (χ2v) is 5.29. The number of amides is 1. The summed E-state index contributed by atoms with van der Waals surface area (Å²) in [5.41, 5.74) is 0.608. The predicted octanol–water partition coefficient (Wildman–Crippen LogP) is 4.09. The molecule has 0 aliphatic heterocycles. The van der Waals surface area contributed by atoms with Crippen LogP contribution in [-0.2, 0) is 4.79 Å². The molecule has 1 amide bonds. The normalized spacial score (nSPS) is 10.3. The van der Waals surface area contributed by atoms with Crippen LogP contribution in [-0.4, -0.2) is 12.5 Å². The Hall–Kier alpha value is -1.95. The van der Waals surface area contributed by atoms with Gasteiger partial charge in [0.25, 0.3) is 0 Å². The van der Waals surface area contributed by atoms with E-state index in [4.69, 9.17) is 0 Å². The minimum Gasteiger partial charge on any atom is -0.371 e. The van der Waals surface area contributed by atoms with Crippen LogP contribution in [0.3, 0.4) is 0 Å². The number of benzene rings is 2. The Morgan fingerprint density at radius 2 is 1.90 bits per heavy atom. The zero-order chi connectivity index (χ0) is 15.4. The van der Waals surface area contributed by atoms with Gasteiger partial charge in [-0.05, 0) is 46.6 Å². The minimum atomic E-state index is -0.730. The van der Waals surface area contributed by atoms with Gasteiger partial charge in [0, 0.05) is 4.47 Å². The lowest BCUT2D eigenvalue weighted by atomic mass is 10.2. The summed E-state index contributed by atoms with van der Waals surface area (Å²) in [5.74, 6) is -1.82. The molecule has 0 bridgehead atoms. The molecule has 2 N–H and O–H groups in total. The number of aryl methyl sites for hydroxylation is 1. The summed E-state index contributed by atoms with van der Waals surface area (Å²) >= 11 is 3.30. The van der Waals surface area contributed by atoms with Crippen molar-refractivity contribution in [2.45, 2.75) is 6.92 Å². The smallest absolute Gasteiger partial charge is 0.243 e. The number of anilines is 2. The number of hydrogen-bond donors (Lipinski definition) is 2. The molecule has 0 atom stereocenters. The van der Waals surface area contributed by atoms with Crippen molar-refractivity contribution in [3.8, 4) is 0 Å². The summed E-state index contributed by atoms with van der Waals surface area (Å²) in [6.07, 6.45) is 0. The average molecular weight is 355 g/mol. The molecule has 0 radical (unpaired) electrons. The van der Waals surface area contributed by atoms with Crippen LogP contribution < -0.4 is 10.6 Å². The van der Waals surface area contributed by atoms with Gasteiger partial charge in [0.1, 0.15) is 11.5 Å². The van der Waals surface area contributed by atoms with Gasteiger partial charge < -0.3 is 10.6 Å². The molecule has 2 aromatic rings. The van der Waals surface area contributed by atoms with E-state index in [1.54, 1.807) is 18.2 Å². The maximum absolute atomic E-state index is 13.8. The van der Waals surface area contributed by atoms with Crippen molar-refractivity contribution in [3.05, 3.63) is 58.1 Å². The van der Waals surface area contributed by atoms with Gasteiger partial charge in [0.2, 0.25) is 5.91 Å². The number of carbonyl (C=O) groups is 1. The van der Waals surface area contributed by atoms with Crippen molar-refractivity contribution < 1.29 is 13.6 Å². The van der Waals surface area contributed by atoms with Crippen molar-refractivity contribution in [1.29, 1.82) is 0 Å². The number of rotatable bonds is 4. The third-order valence-electron chi connectivity index (χ3n) is 2.86. The zero-order valence-electron chi connectivity index (χ0n) is 11.2. The van der Waals surface area contributed by atoms with Crippen molar-refractivity contribution in [2.24, 2.45) is 0 Å². The molecule has 0 heterocycles. The van der Waals surface area contributed by atoms with Gasteiger partial charge in [-0.2, -0.15) is 0 Å². The van der Waals surface area contributed by atoms with Gasteiger partial charge in [0.05, 0.1) is 12.2 Å². The molecule has 0 aliphatic rings. The first-order valence-electron chi connectivity index (χ1n) is 6.22. The van der Waals surface area contributed by atoms with Gasteiger partial charge in [-0.15, -0.1) is 0 Å². The van der Waals surface area contributed by atoms with E-state index in [0.717, 1.165) is 10.5 Å². The number of halogens is 3. The lowest BCUT2D eigenvalue weighted by Gasteiger charge is -2.11. The molecule has 0 fully saturated rings. The van der Waals surface area contributed by atoms with Crippen LogP contribution in [0.25, 0.3) is 0 Å². The van der Waals surface area contributed by atoms with Gasteiger partial charge in [-0.3, -0.25) is 4.79 Å². The van der Waals surface area contributed by atoms with Crippen molar-refractivity contribution in [1.82, 2.24) is 0 Å². The highest BCUT2D eigenvalue weighted by molar-refractivity contribution is 9.10. The van der Waals surface area contributed by atoms with Crippen LogP contribution in [0.4, 0.5) is 20.2 Å². The largest absolute Gasteiger partial charge is 0.371 e. The first kappa shape index (κ1) is 15.4. The van der Waals surface area contributed by atoms with Crippen LogP contribution in [0.1, 0.15) is 5.56 Å². The number of carbonyl (C=O) groups excluding carboxylic acids is 1. The highest BCUT2D eigenvalue weighted by Gasteiger charge is 2.12. The molecule has 0 spiro atoms. The van der Waals surface area contributed by atoms with Crippen molar-refractivity contribution >= 4 is 33.2 Å². The number of nitrogens with one attached hydrogen (secondary N) is 2. The second kappa shape index (κ2) is 6.67. The monoisotopic (exact) mass is 354 g/mol. The highest BCUT2D eigenvalue weighted by atomic mass is 79.9. The first-order chi connectivity index (χ1) is 9.99. The number of para-hydroxylation sites is 1. The van der Waals surface area contributed by atoms with Crippen LogP contribution >= 0.6 is 15.9 Å². The summed E-state index contributed by atoms with van der Waals surface area (Å²) in [5, 5.41) is 5.12. The SMILES string of the molecule is Cc1ccc(F)c(NCC(=O)Nc2ccccc2Br)c1F. The summed E-state index contributed by atoms with van der Waals surface area (Å²) in [4.78, 5) is 11.8. The van der Waals surface area contributed by atoms with Gasteiger partial charge >= 0.3 is 0 Å². The highest BCUT2D eigenvalue weighted by Crippen LogP contribution is 2.22. The van der Waals surface area contributed by atoms with E-state index in [9.17, 15) is 13.6 Å². The lowest BCUT2D eigenvalue weighted by Crippen LogP contribution is -2.23. The Labute approximate surface area is 129 Å². The number of hydrogen-bond acceptors (Lipinski definition) is 2. The summed E-state index contributed by atoms with van der Waals surface area (Å²) in [6, 6.07) is 9.59. The Bertz CT molecular complexity index is 677. The molecule has 3 nitrogen and oxygen atoms in total. The molecular weight excluding hydrogens is 342 g/mol. The van der Waals surface area contributed by atoms with E-state index < -0.39 is 17.5 Å². The Balaban J connectivity index is 2.02. The molecule has 2 aromatic carbocycles. The van der Waals surface area contributed by atoms with Crippen LogP contribution in [0.15, 0.2) is 40.9 Å². The molecule has 21 heavy (non-hydrogen) atoms. The quantitative estimate of drug-likeness (QED) is 0.868. The first-order valence-corrected chi connectivity index (χ1v) is 7.01. The van der Waals surface area contributed by atoms with Gasteiger partial charge in [-0.1, -0.05) is 18.2 Å². The van der Waals surface area contributed by atoms with Crippen LogP contribution in [0.2, 0.25) is 0 Å². The lowest BCUT2D eigenvalue weighted by molar-refractivity contribution is -0.114. The Kier molecular flexibility index (Phi) is 4.90. The van der Waals surface area contributed by atoms with Gasteiger partial charge in [-0.25, -0.2) is 8.78 Å². The van der Waals surface area contributed by atoms with Crippen LogP contribution in [0.5, 0.6) is 0 Å². The predicted molar refractivity (Wildman–Crippen MR) is 82.4 cm³/mol.